The number of carbonyl (C=O) groups is 1. The Labute approximate surface area is 128 Å². The summed E-state index contributed by atoms with van der Waals surface area (Å²) in [5, 5.41) is 11.9. The molecule has 0 aliphatic carbocycles. The van der Waals surface area contributed by atoms with E-state index in [2.05, 4.69) is 12.2 Å². The summed E-state index contributed by atoms with van der Waals surface area (Å²) in [5.74, 6) is -0.918. The molecule has 0 radical (unpaired) electrons. The fourth-order valence-corrected chi connectivity index (χ4v) is 1.56. The maximum absolute atomic E-state index is 10.4. The van der Waals surface area contributed by atoms with Crippen LogP contribution in [0.1, 0.15) is 45.4 Å². The number of hydrogen-bond acceptors (Lipinski definition) is 4. The summed E-state index contributed by atoms with van der Waals surface area (Å²) in [6.45, 7) is 3.91. The van der Waals surface area contributed by atoms with Crippen molar-refractivity contribution in [2.24, 2.45) is 11.5 Å². The quantitative estimate of drug-likeness (QED) is 0.433. The van der Waals surface area contributed by atoms with E-state index in [9.17, 15) is 4.79 Å². The molecule has 2 unspecified atom stereocenters. The summed E-state index contributed by atoms with van der Waals surface area (Å²) in [5.41, 5.74) is 11.2. The lowest BCUT2D eigenvalue weighted by Gasteiger charge is -2.09. The van der Waals surface area contributed by atoms with Crippen LogP contribution in [-0.2, 0) is 4.79 Å². The molecule has 6 N–H and O–H groups in total. The van der Waals surface area contributed by atoms with Gasteiger partial charge >= 0.3 is 5.97 Å². The highest BCUT2D eigenvalue weighted by atomic mass is 35.5. The molecule has 7 heteroatoms. The molecule has 0 bridgehead atoms. The molecule has 0 fully saturated rings. The Morgan fingerprint density at radius 2 is 1.68 bits per heavy atom. The number of nitrogens with one attached hydrogen (secondary N) is 1. The molecule has 0 saturated carbocycles. The van der Waals surface area contributed by atoms with Crippen LogP contribution in [0, 0.1) is 0 Å². The molecule has 0 aromatic carbocycles. The van der Waals surface area contributed by atoms with Gasteiger partial charge in [0, 0.05) is 6.04 Å². The molecule has 0 aliphatic heterocycles. The van der Waals surface area contributed by atoms with Gasteiger partial charge in [0.15, 0.2) is 0 Å². The predicted octanol–water partition coefficient (Wildman–Crippen LogP) is 1.52. The van der Waals surface area contributed by atoms with Crippen LogP contribution in [0.4, 0.5) is 0 Å². The van der Waals surface area contributed by atoms with Crippen molar-refractivity contribution in [3.8, 4) is 0 Å². The van der Waals surface area contributed by atoms with Crippen LogP contribution in [-0.4, -0.2) is 36.2 Å². The fourth-order valence-electron chi connectivity index (χ4n) is 1.56. The molecule has 118 valence electrons. The van der Waals surface area contributed by atoms with Crippen molar-refractivity contribution in [3.05, 3.63) is 0 Å². The molecule has 19 heavy (non-hydrogen) atoms. The lowest BCUT2D eigenvalue weighted by Crippen LogP contribution is -2.31. The summed E-state index contributed by atoms with van der Waals surface area (Å²) in [6, 6.07) is -0.386. The molecular formula is C12H29Cl2N3O2. The van der Waals surface area contributed by atoms with Gasteiger partial charge in [-0.05, 0) is 45.2 Å². The van der Waals surface area contributed by atoms with Crippen LogP contribution in [0.15, 0.2) is 0 Å². The van der Waals surface area contributed by atoms with Gasteiger partial charge in [0.05, 0.1) is 0 Å². The Balaban J connectivity index is -0.00000128. The van der Waals surface area contributed by atoms with E-state index in [1.165, 1.54) is 0 Å². The van der Waals surface area contributed by atoms with Gasteiger partial charge in [0.2, 0.25) is 0 Å². The third kappa shape index (κ3) is 15.9. The van der Waals surface area contributed by atoms with E-state index in [1.807, 2.05) is 0 Å². The van der Waals surface area contributed by atoms with E-state index in [0.717, 1.165) is 45.2 Å². The van der Waals surface area contributed by atoms with Gasteiger partial charge in [-0.25, -0.2) is 0 Å². The number of carboxylic acids is 1. The Hall–Kier alpha value is -0.0700. The molecule has 5 nitrogen and oxygen atoms in total. The van der Waals surface area contributed by atoms with Gasteiger partial charge in [-0.2, -0.15) is 0 Å². The molecule has 0 amide bonds. The number of unbranched alkanes of at least 4 members (excludes halogenated alkanes) is 1. The summed E-state index contributed by atoms with van der Waals surface area (Å²) in [7, 11) is 0. The predicted molar refractivity (Wildman–Crippen MR) is 84.3 cm³/mol. The van der Waals surface area contributed by atoms with Gasteiger partial charge in [-0.1, -0.05) is 13.3 Å². The summed E-state index contributed by atoms with van der Waals surface area (Å²) in [4.78, 5) is 10.4. The number of halogens is 2. The van der Waals surface area contributed by atoms with Crippen molar-refractivity contribution >= 4 is 30.8 Å². The van der Waals surface area contributed by atoms with Crippen molar-refractivity contribution in [3.63, 3.8) is 0 Å². The second kappa shape index (κ2) is 16.0. The number of hydrogen-bond donors (Lipinski definition) is 4. The molecule has 0 heterocycles. The molecule has 0 aromatic heterocycles. The monoisotopic (exact) mass is 317 g/mol. The first-order valence-electron chi connectivity index (χ1n) is 6.52. The third-order valence-electron chi connectivity index (χ3n) is 2.89. The molecule has 0 saturated heterocycles. The van der Waals surface area contributed by atoms with Crippen molar-refractivity contribution in [1.82, 2.24) is 5.32 Å². The molecule has 2 atom stereocenters. The minimum atomic E-state index is -0.918. The normalized spacial score (nSPS) is 13.0. The van der Waals surface area contributed by atoms with E-state index in [1.54, 1.807) is 0 Å². The van der Waals surface area contributed by atoms with Gasteiger partial charge in [-0.15, -0.1) is 24.8 Å². The van der Waals surface area contributed by atoms with Gasteiger partial charge < -0.3 is 21.9 Å². The topological polar surface area (TPSA) is 101 Å². The summed E-state index contributed by atoms with van der Waals surface area (Å²) >= 11 is 0. The zero-order valence-electron chi connectivity index (χ0n) is 11.6. The standard InChI is InChI=1S/C12H27N3O2.2ClH/c1-2-10(13)6-3-4-8-15-9-5-7-11(14)12(16)17;;/h10-11,15H,2-9,13-14H2,1H3,(H,16,17);2*1H. The first-order valence-corrected chi connectivity index (χ1v) is 6.52. The van der Waals surface area contributed by atoms with Gasteiger partial charge in [0.25, 0.3) is 0 Å². The highest BCUT2D eigenvalue weighted by Crippen LogP contribution is 2.01. The van der Waals surface area contributed by atoms with E-state index in [0.29, 0.717) is 12.5 Å². The van der Waals surface area contributed by atoms with Crippen molar-refractivity contribution < 1.29 is 9.90 Å². The first kappa shape index (κ1) is 24.0. The minimum absolute atomic E-state index is 0. The zero-order chi connectivity index (χ0) is 13.1. The number of aliphatic carboxylic acids is 1. The van der Waals surface area contributed by atoms with Crippen LogP contribution in [0.25, 0.3) is 0 Å². The number of carboxylic acid groups (broad SMARTS) is 1. The van der Waals surface area contributed by atoms with E-state index in [-0.39, 0.29) is 24.8 Å². The lowest BCUT2D eigenvalue weighted by molar-refractivity contribution is -0.138. The second-order valence-electron chi connectivity index (χ2n) is 4.50. The Morgan fingerprint density at radius 3 is 2.21 bits per heavy atom. The van der Waals surface area contributed by atoms with Gasteiger partial charge in [0.1, 0.15) is 6.04 Å². The average molecular weight is 318 g/mol. The second-order valence-corrected chi connectivity index (χ2v) is 4.50. The molecule has 0 aliphatic rings. The fraction of sp³-hybridized carbons (Fsp3) is 0.917. The Morgan fingerprint density at radius 1 is 1.11 bits per heavy atom. The van der Waals surface area contributed by atoms with Crippen LogP contribution in [0.2, 0.25) is 0 Å². The van der Waals surface area contributed by atoms with Crippen LogP contribution < -0.4 is 16.8 Å². The third-order valence-corrected chi connectivity index (χ3v) is 2.89. The maximum Gasteiger partial charge on any atom is 0.320 e. The highest BCUT2D eigenvalue weighted by Gasteiger charge is 2.09. The molecule has 0 spiro atoms. The van der Waals surface area contributed by atoms with E-state index in [4.69, 9.17) is 16.6 Å². The zero-order valence-corrected chi connectivity index (χ0v) is 13.3. The SMILES string of the molecule is CCC(N)CCCCNCCCC(N)C(=O)O.Cl.Cl. The lowest BCUT2D eigenvalue weighted by atomic mass is 10.1. The number of nitrogens with two attached hydrogens (primary N) is 2. The molecule has 0 aromatic rings. The van der Waals surface area contributed by atoms with Crippen LogP contribution in [0.3, 0.4) is 0 Å². The minimum Gasteiger partial charge on any atom is -0.480 e. The Bertz CT molecular complexity index is 209. The largest absolute Gasteiger partial charge is 0.480 e. The summed E-state index contributed by atoms with van der Waals surface area (Å²) in [6.07, 6.45) is 5.74. The van der Waals surface area contributed by atoms with E-state index >= 15 is 0 Å². The Kier molecular flexibility index (Phi) is 20.2. The first-order chi connectivity index (χ1) is 8.07. The van der Waals surface area contributed by atoms with Crippen LogP contribution >= 0.6 is 24.8 Å². The van der Waals surface area contributed by atoms with Crippen molar-refractivity contribution in [1.29, 1.82) is 0 Å². The van der Waals surface area contributed by atoms with Crippen LogP contribution in [0.5, 0.6) is 0 Å². The summed E-state index contributed by atoms with van der Waals surface area (Å²) < 4.78 is 0. The molecular weight excluding hydrogens is 289 g/mol. The average Bonchev–Trinajstić information content (AvgIpc) is 2.31. The smallest absolute Gasteiger partial charge is 0.320 e. The van der Waals surface area contributed by atoms with Crippen molar-refractivity contribution in [2.75, 3.05) is 13.1 Å². The van der Waals surface area contributed by atoms with Gasteiger partial charge in [-0.3, -0.25) is 4.79 Å². The molecule has 0 rings (SSSR count). The highest BCUT2D eigenvalue weighted by molar-refractivity contribution is 5.85. The maximum atomic E-state index is 10.4. The van der Waals surface area contributed by atoms with E-state index < -0.39 is 12.0 Å². The number of rotatable bonds is 11. The van der Waals surface area contributed by atoms with Crippen molar-refractivity contribution in [2.45, 2.75) is 57.5 Å².